The van der Waals surface area contributed by atoms with Crippen molar-refractivity contribution in [3.63, 3.8) is 0 Å². The summed E-state index contributed by atoms with van der Waals surface area (Å²) in [5.41, 5.74) is 4.51. The lowest BCUT2D eigenvalue weighted by atomic mass is 10.0. The quantitative estimate of drug-likeness (QED) is 0.913. The molecule has 4 nitrogen and oxygen atoms in total. The molecule has 130 valence electrons. The molecule has 4 rings (SSSR count). The van der Waals surface area contributed by atoms with Crippen molar-refractivity contribution in [1.29, 1.82) is 0 Å². The van der Waals surface area contributed by atoms with Gasteiger partial charge < -0.3 is 10.1 Å². The van der Waals surface area contributed by atoms with Gasteiger partial charge in [-0.1, -0.05) is 35.9 Å². The minimum Gasteiger partial charge on any atom is -0.492 e. The standard InChI is InChI=1S/C20H21ClN2O2/c21-17-5-6-18(16-13-19(24)22-20(16)17)25-12-11-23-9-7-14-3-1-2-4-15(14)8-10-23/h1-6H,7-13H2,(H,22,24). The summed E-state index contributed by atoms with van der Waals surface area (Å²) < 4.78 is 5.98. The average Bonchev–Trinajstić information content (AvgIpc) is 2.90. The molecule has 5 heteroatoms. The zero-order valence-electron chi connectivity index (χ0n) is 14.1. The molecule has 2 aromatic rings. The third-order valence-corrected chi connectivity index (χ3v) is 5.31. The van der Waals surface area contributed by atoms with Gasteiger partial charge in [-0.15, -0.1) is 0 Å². The summed E-state index contributed by atoms with van der Waals surface area (Å²) >= 11 is 6.15. The highest BCUT2D eigenvalue weighted by Gasteiger charge is 2.24. The number of ether oxygens (including phenoxy) is 1. The highest BCUT2D eigenvalue weighted by atomic mass is 35.5. The summed E-state index contributed by atoms with van der Waals surface area (Å²) in [6.45, 7) is 3.60. The van der Waals surface area contributed by atoms with Crippen LogP contribution in [0.2, 0.25) is 5.02 Å². The van der Waals surface area contributed by atoms with Crippen LogP contribution in [-0.4, -0.2) is 37.0 Å². The Kier molecular flexibility index (Phi) is 4.64. The van der Waals surface area contributed by atoms with Crippen LogP contribution in [0.15, 0.2) is 36.4 Å². The minimum atomic E-state index is -0.0294. The summed E-state index contributed by atoms with van der Waals surface area (Å²) in [6.07, 6.45) is 2.51. The van der Waals surface area contributed by atoms with Crippen LogP contribution in [0.5, 0.6) is 5.75 Å². The van der Waals surface area contributed by atoms with Crippen molar-refractivity contribution in [2.75, 3.05) is 31.6 Å². The summed E-state index contributed by atoms with van der Waals surface area (Å²) in [7, 11) is 0. The molecule has 0 radical (unpaired) electrons. The van der Waals surface area contributed by atoms with Crippen LogP contribution in [0.3, 0.4) is 0 Å². The van der Waals surface area contributed by atoms with Gasteiger partial charge in [0.15, 0.2) is 0 Å². The van der Waals surface area contributed by atoms with Crippen LogP contribution in [0.25, 0.3) is 0 Å². The fourth-order valence-corrected chi connectivity index (χ4v) is 3.84. The Balaban J connectivity index is 1.35. The first-order valence-corrected chi connectivity index (χ1v) is 9.11. The Bertz CT molecular complexity index is 779. The van der Waals surface area contributed by atoms with E-state index in [0.29, 0.717) is 23.7 Å². The molecule has 0 bridgehead atoms. The van der Waals surface area contributed by atoms with Crippen LogP contribution in [0.1, 0.15) is 16.7 Å². The number of carbonyl (C=O) groups excluding carboxylic acids is 1. The fourth-order valence-electron chi connectivity index (χ4n) is 3.61. The second-order valence-corrected chi connectivity index (χ2v) is 6.99. The Morgan fingerprint density at radius 1 is 1.08 bits per heavy atom. The Hall–Kier alpha value is -2.04. The summed E-state index contributed by atoms with van der Waals surface area (Å²) in [5, 5.41) is 3.37. The molecular formula is C20H21ClN2O2. The maximum Gasteiger partial charge on any atom is 0.229 e. The topological polar surface area (TPSA) is 41.6 Å². The molecule has 2 aliphatic rings. The van der Waals surface area contributed by atoms with Crippen molar-refractivity contribution in [1.82, 2.24) is 4.90 Å². The number of nitrogens with zero attached hydrogens (tertiary/aromatic N) is 1. The third kappa shape index (κ3) is 3.51. The predicted molar refractivity (Wildman–Crippen MR) is 99.6 cm³/mol. The number of rotatable bonds is 4. The van der Waals surface area contributed by atoms with Crippen LogP contribution in [-0.2, 0) is 24.1 Å². The number of hydrogen-bond donors (Lipinski definition) is 1. The molecular weight excluding hydrogens is 336 g/mol. The number of fused-ring (bicyclic) bond motifs is 2. The molecule has 0 saturated heterocycles. The van der Waals surface area contributed by atoms with Gasteiger partial charge in [-0.3, -0.25) is 9.69 Å². The zero-order valence-corrected chi connectivity index (χ0v) is 14.8. The van der Waals surface area contributed by atoms with Crippen LogP contribution < -0.4 is 10.1 Å². The van der Waals surface area contributed by atoms with Gasteiger partial charge in [0.25, 0.3) is 0 Å². The van der Waals surface area contributed by atoms with Crippen molar-refractivity contribution < 1.29 is 9.53 Å². The van der Waals surface area contributed by atoms with Gasteiger partial charge in [0, 0.05) is 25.2 Å². The summed E-state index contributed by atoms with van der Waals surface area (Å²) in [6, 6.07) is 12.3. The molecule has 25 heavy (non-hydrogen) atoms. The molecule has 0 aliphatic carbocycles. The molecule has 0 saturated carbocycles. The Morgan fingerprint density at radius 2 is 1.80 bits per heavy atom. The van der Waals surface area contributed by atoms with Crippen molar-refractivity contribution in [3.8, 4) is 5.75 Å². The van der Waals surface area contributed by atoms with Crippen molar-refractivity contribution in [2.24, 2.45) is 0 Å². The van der Waals surface area contributed by atoms with E-state index in [4.69, 9.17) is 16.3 Å². The second kappa shape index (κ2) is 7.06. The highest BCUT2D eigenvalue weighted by Crippen LogP contribution is 2.37. The van der Waals surface area contributed by atoms with E-state index in [1.807, 2.05) is 6.07 Å². The van der Waals surface area contributed by atoms with E-state index in [9.17, 15) is 4.79 Å². The van der Waals surface area contributed by atoms with E-state index in [2.05, 4.69) is 34.5 Å². The molecule has 0 spiro atoms. The van der Waals surface area contributed by atoms with E-state index in [0.717, 1.165) is 43.8 Å². The Morgan fingerprint density at radius 3 is 2.52 bits per heavy atom. The van der Waals surface area contributed by atoms with Gasteiger partial charge in [-0.25, -0.2) is 0 Å². The van der Waals surface area contributed by atoms with Gasteiger partial charge in [0.2, 0.25) is 5.91 Å². The number of anilines is 1. The van der Waals surface area contributed by atoms with Crippen LogP contribution in [0, 0.1) is 0 Å². The maximum atomic E-state index is 11.6. The molecule has 2 aliphatic heterocycles. The van der Waals surface area contributed by atoms with Crippen molar-refractivity contribution >= 4 is 23.2 Å². The number of nitrogens with one attached hydrogen (secondary N) is 1. The summed E-state index contributed by atoms with van der Waals surface area (Å²) in [4.78, 5) is 14.1. The fraction of sp³-hybridized carbons (Fsp3) is 0.350. The molecule has 2 heterocycles. The lowest BCUT2D eigenvalue weighted by Crippen LogP contribution is -2.30. The molecule has 0 atom stereocenters. The summed E-state index contributed by atoms with van der Waals surface area (Å²) in [5.74, 6) is 0.731. The first-order valence-electron chi connectivity index (χ1n) is 8.74. The van der Waals surface area contributed by atoms with Gasteiger partial charge in [-0.2, -0.15) is 0 Å². The van der Waals surface area contributed by atoms with Gasteiger partial charge in [0.05, 0.1) is 17.1 Å². The number of benzene rings is 2. The average molecular weight is 357 g/mol. The highest BCUT2D eigenvalue weighted by molar-refractivity contribution is 6.34. The zero-order chi connectivity index (χ0) is 17.2. The van der Waals surface area contributed by atoms with Gasteiger partial charge in [-0.05, 0) is 36.1 Å². The van der Waals surface area contributed by atoms with Crippen LogP contribution >= 0.6 is 11.6 Å². The van der Waals surface area contributed by atoms with E-state index < -0.39 is 0 Å². The predicted octanol–water partition coefficient (Wildman–Crippen LogP) is 3.31. The smallest absolute Gasteiger partial charge is 0.229 e. The lowest BCUT2D eigenvalue weighted by molar-refractivity contribution is -0.115. The third-order valence-electron chi connectivity index (χ3n) is 5.00. The van der Waals surface area contributed by atoms with E-state index in [1.165, 1.54) is 11.1 Å². The largest absolute Gasteiger partial charge is 0.492 e. The SMILES string of the molecule is O=C1Cc2c(OCCN3CCc4ccccc4CC3)ccc(Cl)c2N1. The second-order valence-electron chi connectivity index (χ2n) is 6.58. The monoisotopic (exact) mass is 356 g/mol. The maximum absolute atomic E-state index is 11.6. The molecule has 1 N–H and O–H groups in total. The van der Waals surface area contributed by atoms with Crippen molar-refractivity contribution in [2.45, 2.75) is 19.3 Å². The minimum absolute atomic E-state index is 0.0294. The lowest BCUT2D eigenvalue weighted by Gasteiger charge is -2.20. The first-order chi connectivity index (χ1) is 12.2. The number of carbonyl (C=O) groups is 1. The first kappa shape index (κ1) is 16.4. The van der Waals surface area contributed by atoms with E-state index >= 15 is 0 Å². The molecule has 1 amide bonds. The van der Waals surface area contributed by atoms with Crippen molar-refractivity contribution in [3.05, 3.63) is 58.1 Å². The van der Waals surface area contributed by atoms with Crippen LogP contribution in [0.4, 0.5) is 5.69 Å². The number of amides is 1. The Labute approximate surface area is 152 Å². The van der Waals surface area contributed by atoms with E-state index in [-0.39, 0.29) is 5.91 Å². The normalized spacial score (nSPS) is 16.8. The molecule has 2 aromatic carbocycles. The molecule has 0 unspecified atom stereocenters. The van der Waals surface area contributed by atoms with Gasteiger partial charge >= 0.3 is 0 Å². The van der Waals surface area contributed by atoms with Gasteiger partial charge in [0.1, 0.15) is 12.4 Å². The number of halogens is 1. The molecule has 0 aromatic heterocycles. The van der Waals surface area contributed by atoms with E-state index in [1.54, 1.807) is 6.07 Å². The molecule has 0 fully saturated rings. The number of hydrogen-bond acceptors (Lipinski definition) is 3.